The number of halogens is 3. The van der Waals surface area contributed by atoms with E-state index in [1.807, 2.05) is 0 Å². The Kier molecular flexibility index (Phi) is 4.07. The number of rotatable bonds is 4. The van der Waals surface area contributed by atoms with Gasteiger partial charge in [0, 0.05) is 6.54 Å². The van der Waals surface area contributed by atoms with Gasteiger partial charge in [-0.2, -0.15) is 13.2 Å². The highest BCUT2D eigenvalue weighted by atomic mass is 19.4. The Labute approximate surface area is 112 Å². The zero-order chi connectivity index (χ0) is 14.8. The predicted octanol–water partition coefficient (Wildman–Crippen LogP) is 2.03. The number of nitro groups is 1. The Bertz CT molecular complexity index is 501. The van der Waals surface area contributed by atoms with Gasteiger partial charge in [0.2, 0.25) is 0 Å². The molecule has 1 aliphatic heterocycles. The van der Waals surface area contributed by atoms with Crippen LogP contribution in [0, 0.1) is 16.0 Å². The molecular weight excluding hydrogens is 277 g/mol. The fourth-order valence-electron chi connectivity index (χ4n) is 2.03. The molecule has 1 aromatic rings. The second-order valence-electron chi connectivity index (χ2n) is 4.58. The maximum absolute atomic E-state index is 12.6. The molecule has 2 heterocycles. The molecule has 1 fully saturated rings. The monoisotopic (exact) mass is 290 g/mol. The normalized spacial score (nSPS) is 19.1. The van der Waals surface area contributed by atoms with Crippen molar-refractivity contribution in [3.8, 4) is 0 Å². The Morgan fingerprint density at radius 1 is 1.55 bits per heavy atom. The third kappa shape index (κ3) is 3.35. The number of nitrogens with zero attached hydrogens (tertiary/aromatic N) is 2. The molecule has 110 valence electrons. The molecule has 1 aliphatic rings. The average Bonchev–Trinajstić information content (AvgIpc) is 2.87. The number of pyridine rings is 1. The zero-order valence-electron chi connectivity index (χ0n) is 10.4. The van der Waals surface area contributed by atoms with Crippen molar-refractivity contribution in [2.75, 3.05) is 25.0 Å². The van der Waals surface area contributed by atoms with Crippen LogP contribution in [0.2, 0.25) is 0 Å². The lowest BCUT2D eigenvalue weighted by Crippen LogP contribution is -2.18. The van der Waals surface area contributed by atoms with Crippen molar-refractivity contribution in [1.29, 1.82) is 0 Å². The van der Waals surface area contributed by atoms with Crippen LogP contribution in [-0.2, 0) is 6.18 Å². The molecule has 1 saturated heterocycles. The van der Waals surface area contributed by atoms with Gasteiger partial charge in [0.05, 0.1) is 4.92 Å². The molecule has 20 heavy (non-hydrogen) atoms. The molecule has 0 bridgehead atoms. The lowest BCUT2D eigenvalue weighted by Gasteiger charge is -2.13. The molecule has 6 nitrogen and oxygen atoms in total. The summed E-state index contributed by atoms with van der Waals surface area (Å²) in [7, 11) is 0. The van der Waals surface area contributed by atoms with Gasteiger partial charge in [0.25, 0.3) is 0 Å². The van der Waals surface area contributed by atoms with E-state index in [0.29, 0.717) is 18.8 Å². The number of hydrogen-bond donors (Lipinski definition) is 2. The summed E-state index contributed by atoms with van der Waals surface area (Å²) in [4.78, 5) is 13.2. The molecule has 2 N–H and O–H groups in total. The minimum atomic E-state index is -4.62. The minimum absolute atomic E-state index is 0.149. The molecule has 9 heteroatoms. The maximum Gasteiger partial charge on any atom is 0.433 e. The average molecular weight is 290 g/mol. The first-order valence-corrected chi connectivity index (χ1v) is 6.04. The van der Waals surface area contributed by atoms with Gasteiger partial charge in [-0.1, -0.05) is 0 Å². The van der Waals surface area contributed by atoms with Gasteiger partial charge in [-0.3, -0.25) is 10.1 Å². The first-order chi connectivity index (χ1) is 9.38. The van der Waals surface area contributed by atoms with Crippen molar-refractivity contribution in [1.82, 2.24) is 10.3 Å². The molecule has 0 aromatic carbocycles. The van der Waals surface area contributed by atoms with Crippen LogP contribution in [0.15, 0.2) is 12.3 Å². The Balaban J connectivity index is 2.20. The quantitative estimate of drug-likeness (QED) is 0.655. The summed E-state index contributed by atoms with van der Waals surface area (Å²) in [5.74, 6) is 0.247. The van der Waals surface area contributed by atoms with Gasteiger partial charge in [-0.05, 0) is 31.5 Å². The molecule has 0 amide bonds. The molecule has 0 aliphatic carbocycles. The lowest BCUT2D eigenvalue weighted by atomic mass is 10.1. The van der Waals surface area contributed by atoms with Gasteiger partial charge in [0.1, 0.15) is 17.6 Å². The van der Waals surface area contributed by atoms with Crippen LogP contribution in [-0.4, -0.2) is 29.5 Å². The summed E-state index contributed by atoms with van der Waals surface area (Å²) in [5.41, 5.74) is -1.75. The third-order valence-electron chi connectivity index (χ3n) is 3.11. The molecule has 1 unspecified atom stereocenters. The summed E-state index contributed by atoms with van der Waals surface area (Å²) in [6, 6.07) is 0.681. The van der Waals surface area contributed by atoms with Crippen LogP contribution in [0.4, 0.5) is 24.5 Å². The van der Waals surface area contributed by atoms with E-state index in [9.17, 15) is 23.3 Å². The number of hydrogen-bond acceptors (Lipinski definition) is 5. The smallest absolute Gasteiger partial charge is 0.379 e. The highest BCUT2D eigenvalue weighted by molar-refractivity contribution is 5.61. The standard InChI is InChI=1S/C11H13F3N4O2/c12-11(13,14)10-3-8(9(6-17-10)18(19)20)16-5-7-1-2-15-4-7/h3,6-7,15H,1-2,4-5H2,(H,16,17). The molecule has 2 rings (SSSR count). The van der Waals surface area contributed by atoms with E-state index in [4.69, 9.17) is 0 Å². The summed E-state index contributed by atoms with van der Waals surface area (Å²) >= 11 is 0. The maximum atomic E-state index is 12.6. The van der Waals surface area contributed by atoms with Crippen molar-refractivity contribution in [3.63, 3.8) is 0 Å². The number of aromatic nitrogens is 1. The van der Waals surface area contributed by atoms with Gasteiger partial charge in [-0.15, -0.1) is 0 Å². The van der Waals surface area contributed by atoms with Gasteiger partial charge in [-0.25, -0.2) is 4.98 Å². The molecule has 1 aromatic heterocycles. The van der Waals surface area contributed by atoms with Crippen LogP contribution in [0.25, 0.3) is 0 Å². The highest BCUT2D eigenvalue weighted by Crippen LogP contribution is 2.33. The second kappa shape index (κ2) is 5.61. The molecule has 0 radical (unpaired) electrons. The molecule has 0 saturated carbocycles. The summed E-state index contributed by atoms with van der Waals surface area (Å²) in [5, 5.41) is 16.7. The minimum Gasteiger partial charge on any atom is -0.379 e. The summed E-state index contributed by atoms with van der Waals surface area (Å²) in [6.45, 7) is 1.98. The van der Waals surface area contributed by atoms with Crippen molar-refractivity contribution >= 4 is 11.4 Å². The van der Waals surface area contributed by atoms with E-state index < -0.39 is 22.5 Å². The SMILES string of the molecule is O=[N+]([O-])c1cnc(C(F)(F)F)cc1NCC1CCNC1. The van der Waals surface area contributed by atoms with Gasteiger partial charge in [0.15, 0.2) is 0 Å². The molecule has 0 spiro atoms. The van der Waals surface area contributed by atoms with Crippen LogP contribution >= 0.6 is 0 Å². The fraction of sp³-hybridized carbons (Fsp3) is 0.545. The summed E-state index contributed by atoms with van der Waals surface area (Å²) in [6.07, 6.45) is -3.10. The highest BCUT2D eigenvalue weighted by Gasteiger charge is 2.34. The van der Waals surface area contributed by atoms with Crippen LogP contribution in [0.5, 0.6) is 0 Å². The first-order valence-electron chi connectivity index (χ1n) is 6.04. The van der Waals surface area contributed by atoms with Crippen LogP contribution in [0.1, 0.15) is 12.1 Å². The van der Waals surface area contributed by atoms with Crippen LogP contribution in [0.3, 0.4) is 0 Å². The Morgan fingerprint density at radius 3 is 2.85 bits per heavy atom. The van der Waals surface area contributed by atoms with Crippen LogP contribution < -0.4 is 10.6 Å². The number of nitrogens with one attached hydrogen (secondary N) is 2. The largest absolute Gasteiger partial charge is 0.433 e. The van der Waals surface area contributed by atoms with E-state index in [1.54, 1.807) is 0 Å². The van der Waals surface area contributed by atoms with Gasteiger partial charge >= 0.3 is 11.9 Å². The van der Waals surface area contributed by atoms with Crippen molar-refractivity contribution in [2.24, 2.45) is 5.92 Å². The van der Waals surface area contributed by atoms with Crippen molar-refractivity contribution in [3.05, 3.63) is 28.1 Å². The Morgan fingerprint density at radius 2 is 2.30 bits per heavy atom. The lowest BCUT2D eigenvalue weighted by molar-refractivity contribution is -0.384. The van der Waals surface area contributed by atoms with E-state index in [1.165, 1.54) is 0 Å². The summed E-state index contributed by atoms with van der Waals surface area (Å²) < 4.78 is 37.7. The second-order valence-corrected chi connectivity index (χ2v) is 4.58. The van der Waals surface area contributed by atoms with Gasteiger partial charge < -0.3 is 10.6 Å². The molecule has 1 atom stereocenters. The molecular formula is C11H13F3N4O2. The van der Waals surface area contributed by atoms with E-state index >= 15 is 0 Å². The Hall–Kier alpha value is -1.90. The third-order valence-corrected chi connectivity index (χ3v) is 3.11. The van der Waals surface area contributed by atoms with Crippen molar-refractivity contribution in [2.45, 2.75) is 12.6 Å². The van der Waals surface area contributed by atoms with Crippen molar-refractivity contribution < 1.29 is 18.1 Å². The fourth-order valence-corrected chi connectivity index (χ4v) is 2.03. The van der Waals surface area contributed by atoms with E-state index in [0.717, 1.165) is 19.5 Å². The zero-order valence-corrected chi connectivity index (χ0v) is 10.4. The number of anilines is 1. The number of alkyl halides is 3. The topological polar surface area (TPSA) is 80.1 Å². The predicted molar refractivity (Wildman–Crippen MR) is 65.4 cm³/mol. The first kappa shape index (κ1) is 14.5. The van der Waals surface area contributed by atoms with E-state index in [2.05, 4.69) is 15.6 Å². The van der Waals surface area contributed by atoms with E-state index in [-0.39, 0.29) is 11.6 Å².